The highest BCUT2D eigenvalue weighted by molar-refractivity contribution is 6.35. The SMILES string of the molecule is CN(C)Cc1ccc(C(=O)OC(Cc2c(Cl)c[n+]([O-])cc2Cl)c2ccc(OC(F)F)c(OCC3CC3)c2)cc1. The van der Waals surface area contributed by atoms with Crippen LogP contribution in [0.3, 0.4) is 0 Å². The molecule has 7 nitrogen and oxygen atoms in total. The highest BCUT2D eigenvalue weighted by Gasteiger charge is 2.26. The number of carbonyl (C=O) groups excluding carboxylic acids is 1. The summed E-state index contributed by atoms with van der Waals surface area (Å²) in [6.07, 6.45) is 3.37. The monoisotopic (exact) mass is 580 g/mol. The maximum atomic E-state index is 13.2. The number of hydrogen-bond donors (Lipinski definition) is 0. The van der Waals surface area contributed by atoms with Crippen LogP contribution >= 0.6 is 23.2 Å². The minimum Gasteiger partial charge on any atom is -0.619 e. The molecule has 2 aromatic carbocycles. The summed E-state index contributed by atoms with van der Waals surface area (Å²) in [6, 6.07) is 11.4. The fourth-order valence-electron chi connectivity index (χ4n) is 3.97. The summed E-state index contributed by atoms with van der Waals surface area (Å²) in [6.45, 7) is -1.98. The third kappa shape index (κ3) is 8.17. The van der Waals surface area contributed by atoms with Gasteiger partial charge in [-0.2, -0.15) is 13.5 Å². The number of aromatic nitrogens is 1. The third-order valence-corrected chi connectivity index (χ3v) is 6.76. The molecule has 1 unspecified atom stereocenters. The normalized spacial score (nSPS) is 13.9. The van der Waals surface area contributed by atoms with Crippen LogP contribution in [-0.4, -0.2) is 38.2 Å². The second-order valence-corrected chi connectivity index (χ2v) is 10.5. The van der Waals surface area contributed by atoms with Crippen molar-refractivity contribution in [3.63, 3.8) is 0 Å². The predicted octanol–water partition coefficient (Wildman–Crippen LogP) is 6.22. The van der Waals surface area contributed by atoms with Gasteiger partial charge in [-0.1, -0.05) is 41.4 Å². The van der Waals surface area contributed by atoms with Crippen molar-refractivity contribution < 1.29 is 32.5 Å². The van der Waals surface area contributed by atoms with Gasteiger partial charge in [-0.15, -0.1) is 0 Å². The number of hydrogen-bond acceptors (Lipinski definition) is 6. The summed E-state index contributed by atoms with van der Waals surface area (Å²) in [5.74, 6) is -0.264. The number of halogens is 4. The zero-order chi connectivity index (χ0) is 28.1. The molecular weight excluding hydrogens is 553 g/mol. The van der Waals surface area contributed by atoms with Crippen molar-refractivity contribution >= 4 is 29.2 Å². The molecule has 1 saturated carbocycles. The smallest absolute Gasteiger partial charge is 0.387 e. The quantitative estimate of drug-likeness (QED) is 0.144. The first-order valence-electron chi connectivity index (χ1n) is 12.3. The van der Waals surface area contributed by atoms with E-state index in [1.54, 1.807) is 12.1 Å². The average Bonchev–Trinajstić information content (AvgIpc) is 3.69. The average molecular weight is 581 g/mol. The van der Waals surface area contributed by atoms with Gasteiger partial charge in [0, 0.05) is 18.5 Å². The number of esters is 1. The van der Waals surface area contributed by atoms with E-state index in [-0.39, 0.29) is 28.0 Å². The standard InChI is InChI=1S/C28H28Cl2F2N2O5/c1-33(2)13-17-5-7-19(8-6-17)27(35)38-25(12-21-22(29)14-34(36)15-23(21)30)20-9-10-24(39-28(31)32)26(11-20)37-16-18-3-4-18/h5-11,14-15,18,25,28H,3-4,12-13,16H2,1-2H3. The number of benzene rings is 2. The number of pyridine rings is 1. The third-order valence-electron chi connectivity index (χ3n) is 6.11. The Bertz CT molecular complexity index is 1280. The summed E-state index contributed by atoms with van der Waals surface area (Å²) in [5, 5.41) is 11.9. The van der Waals surface area contributed by atoms with Gasteiger partial charge in [-0.05, 0) is 68.2 Å². The van der Waals surface area contributed by atoms with Crippen LogP contribution in [0, 0.1) is 11.1 Å². The molecule has 4 rings (SSSR count). The van der Waals surface area contributed by atoms with E-state index in [1.165, 1.54) is 18.2 Å². The molecule has 11 heteroatoms. The second kappa shape index (κ2) is 12.8. The van der Waals surface area contributed by atoms with Crippen LogP contribution in [0.15, 0.2) is 54.9 Å². The predicted molar refractivity (Wildman–Crippen MR) is 142 cm³/mol. The van der Waals surface area contributed by atoms with Gasteiger partial charge in [0.05, 0.1) is 12.2 Å². The molecule has 1 aromatic heterocycles. The molecule has 39 heavy (non-hydrogen) atoms. The van der Waals surface area contributed by atoms with Gasteiger partial charge in [0.25, 0.3) is 0 Å². The van der Waals surface area contributed by atoms with E-state index < -0.39 is 18.7 Å². The maximum absolute atomic E-state index is 13.2. The Labute approximate surface area is 235 Å². The number of nitrogens with zero attached hydrogens (tertiary/aromatic N) is 2. The Hall–Kier alpha value is -3.14. The topological polar surface area (TPSA) is 74.9 Å². The van der Waals surface area contributed by atoms with Crippen molar-refractivity contribution in [1.29, 1.82) is 0 Å². The van der Waals surface area contributed by atoms with Crippen LogP contribution in [-0.2, 0) is 17.7 Å². The second-order valence-electron chi connectivity index (χ2n) is 9.66. The fourth-order valence-corrected chi connectivity index (χ4v) is 4.57. The van der Waals surface area contributed by atoms with Crippen LogP contribution in [0.1, 0.15) is 46.0 Å². The molecule has 0 radical (unpaired) electrons. The molecule has 3 aromatic rings. The van der Waals surface area contributed by atoms with Crippen LogP contribution in [0.4, 0.5) is 8.78 Å². The van der Waals surface area contributed by atoms with E-state index in [0.29, 0.717) is 40.5 Å². The van der Waals surface area contributed by atoms with Crippen LogP contribution < -0.4 is 14.2 Å². The molecule has 208 valence electrons. The largest absolute Gasteiger partial charge is 0.619 e. The first-order chi connectivity index (χ1) is 18.6. The summed E-state index contributed by atoms with van der Waals surface area (Å²) >= 11 is 12.6. The van der Waals surface area contributed by atoms with Gasteiger partial charge in [-0.3, -0.25) is 0 Å². The molecule has 0 saturated heterocycles. The molecule has 1 aliphatic rings. The van der Waals surface area contributed by atoms with Gasteiger partial charge < -0.3 is 24.3 Å². The Morgan fingerprint density at radius 3 is 2.33 bits per heavy atom. The lowest BCUT2D eigenvalue weighted by molar-refractivity contribution is -0.605. The number of carbonyl (C=O) groups is 1. The van der Waals surface area contributed by atoms with Crippen molar-refractivity contribution in [2.24, 2.45) is 5.92 Å². The summed E-state index contributed by atoms with van der Waals surface area (Å²) in [4.78, 5) is 15.2. The molecule has 0 amide bonds. The molecule has 0 aliphatic heterocycles. The van der Waals surface area contributed by atoms with E-state index in [0.717, 1.165) is 30.8 Å². The number of rotatable bonds is 12. The van der Waals surface area contributed by atoms with E-state index in [4.69, 9.17) is 32.7 Å². The Morgan fingerprint density at radius 1 is 1.08 bits per heavy atom. The van der Waals surface area contributed by atoms with Crippen LogP contribution in [0.2, 0.25) is 10.0 Å². The van der Waals surface area contributed by atoms with Gasteiger partial charge in [0.2, 0.25) is 0 Å². The van der Waals surface area contributed by atoms with Crippen molar-refractivity contribution in [3.05, 3.63) is 92.4 Å². The van der Waals surface area contributed by atoms with Gasteiger partial charge in [-0.25, -0.2) is 4.79 Å². The molecule has 0 spiro atoms. The highest BCUT2D eigenvalue weighted by atomic mass is 35.5. The number of ether oxygens (including phenoxy) is 3. The zero-order valence-electron chi connectivity index (χ0n) is 21.4. The summed E-state index contributed by atoms with van der Waals surface area (Å²) < 4.78 is 42.9. The zero-order valence-corrected chi connectivity index (χ0v) is 22.9. The fraction of sp³-hybridized carbons (Fsp3) is 0.357. The molecule has 1 aliphatic carbocycles. The molecule has 1 heterocycles. The lowest BCUT2D eigenvalue weighted by Gasteiger charge is -2.21. The Kier molecular flexibility index (Phi) is 9.48. The van der Waals surface area contributed by atoms with Gasteiger partial charge in [0.1, 0.15) is 16.1 Å². The minimum atomic E-state index is -3.04. The summed E-state index contributed by atoms with van der Waals surface area (Å²) in [5.41, 5.74) is 2.19. The highest BCUT2D eigenvalue weighted by Crippen LogP contribution is 2.38. The number of alkyl halides is 2. The maximum Gasteiger partial charge on any atom is 0.387 e. The molecule has 0 N–H and O–H groups in total. The Morgan fingerprint density at radius 2 is 1.74 bits per heavy atom. The van der Waals surface area contributed by atoms with E-state index >= 15 is 0 Å². The van der Waals surface area contributed by atoms with Gasteiger partial charge in [0.15, 0.2) is 23.9 Å². The molecule has 0 bridgehead atoms. The van der Waals surface area contributed by atoms with E-state index in [1.807, 2.05) is 31.1 Å². The Balaban J connectivity index is 1.65. The van der Waals surface area contributed by atoms with Crippen molar-refractivity contribution in [3.8, 4) is 11.5 Å². The van der Waals surface area contributed by atoms with Crippen molar-refractivity contribution in [1.82, 2.24) is 4.90 Å². The lowest BCUT2D eigenvalue weighted by Crippen LogP contribution is -2.25. The lowest BCUT2D eigenvalue weighted by atomic mass is 10.0. The van der Waals surface area contributed by atoms with Crippen LogP contribution in [0.5, 0.6) is 11.5 Å². The molecule has 1 atom stereocenters. The molecular formula is C28H28Cl2F2N2O5. The van der Waals surface area contributed by atoms with E-state index in [2.05, 4.69) is 4.74 Å². The minimum absolute atomic E-state index is 0.0140. The molecule has 1 fully saturated rings. The van der Waals surface area contributed by atoms with Crippen molar-refractivity contribution in [2.75, 3.05) is 20.7 Å². The van der Waals surface area contributed by atoms with Crippen molar-refractivity contribution in [2.45, 2.75) is 38.5 Å². The van der Waals surface area contributed by atoms with E-state index in [9.17, 15) is 18.8 Å². The van der Waals surface area contributed by atoms with Crippen LogP contribution in [0.25, 0.3) is 0 Å². The first kappa shape index (κ1) is 28.9. The van der Waals surface area contributed by atoms with Gasteiger partial charge >= 0.3 is 12.6 Å². The first-order valence-corrected chi connectivity index (χ1v) is 13.1. The summed E-state index contributed by atoms with van der Waals surface area (Å²) in [7, 11) is 3.89.